The lowest BCUT2D eigenvalue weighted by Gasteiger charge is -2.30. The Morgan fingerprint density at radius 3 is 3.00 bits per heavy atom. The molecule has 104 valence electrons. The van der Waals surface area contributed by atoms with Gasteiger partial charge in [0.25, 0.3) is 5.91 Å². The van der Waals surface area contributed by atoms with Gasteiger partial charge in [0.15, 0.2) is 0 Å². The van der Waals surface area contributed by atoms with Gasteiger partial charge in [-0.15, -0.1) is 0 Å². The van der Waals surface area contributed by atoms with Gasteiger partial charge in [-0.05, 0) is 44.6 Å². The van der Waals surface area contributed by atoms with Crippen LogP contribution in [0.4, 0.5) is 5.69 Å². The summed E-state index contributed by atoms with van der Waals surface area (Å²) in [4.78, 5) is 14.5. The Balaban J connectivity index is 2.09. The highest BCUT2D eigenvalue weighted by Crippen LogP contribution is 2.20. The number of anilines is 1. The number of nitrogens with one attached hydrogen (secondary N) is 2. The summed E-state index contributed by atoms with van der Waals surface area (Å²) >= 11 is 5.93. The smallest absolute Gasteiger partial charge is 0.253 e. The Kier molecular flexibility index (Phi) is 4.63. The Morgan fingerprint density at radius 1 is 1.53 bits per heavy atom. The first kappa shape index (κ1) is 14.1. The molecule has 0 saturated carbocycles. The molecular formula is C13H19ClN4O. The molecule has 0 bridgehead atoms. The number of hydrogen-bond acceptors (Lipinski definition) is 4. The van der Waals surface area contributed by atoms with Gasteiger partial charge < -0.3 is 15.6 Å². The van der Waals surface area contributed by atoms with Gasteiger partial charge in [-0.1, -0.05) is 11.6 Å². The summed E-state index contributed by atoms with van der Waals surface area (Å²) in [5, 5.41) is 3.55. The lowest BCUT2D eigenvalue weighted by atomic mass is 10.1. The van der Waals surface area contributed by atoms with Crippen LogP contribution in [0.1, 0.15) is 23.2 Å². The largest absolute Gasteiger partial charge is 0.348 e. The Morgan fingerprint density at radius 2 is 2.32 bits per heavy atom. The number of likely N-dealkylation sites (tertiary alicyclic amines) is 1. The Labute approximate surface area is 118 Å². The third-order valence-electron chi connectivity index (χ3n) is 3.34. The summed E-state index contributed by atoms with van der Waals surface area (Å²) in [5.74, 6) is 5.27. The molecule has 0 spiro atoms. The number of nitrogen functional groups attached to an aromatic ring is 1. The minimum absolute atomic E-state index is 0.143. The number of rotatable bonds is 3. The van der Waals surface area contributed by atoms with E-state index in [0.717, 1.165) is 25.9 Å². The van der Waals surface area contributed by atoms with Crippen molar-refractivity contribution in [1.82, 2.24) is 10.2 Å². The summed E-state index contributed by atoms with van der Waals surface area (Å²) in [5.41, 5.74) is 3.57. The van der Waals surface area contributed by atoms with Crippen molar-refractivity contribution >= 4 is 23.2 Å². The fraction of sp³-hybridized carbons (Fsp3) is 0.462. The van der Waals surface area contributed by atoms with Gasteiger partial charge >= 0.3 is 0 Å². The van der Waals surface area contributed by atoms with Gasteiger partial charge in [0.1, 0.15) is 0 Å². The molecular weight excluding hydrogens is 264 g/mol. The first-order valence-corrected chi connectivity index (χ1v) is 6.73. The highest BCUT2D eigenvalue weighted by Gasteiger charge is 2.20. The number of hydrazine groups is 1. The molecule has 2 rings (SSSR count). The maximum absolute atomic E-state index is 12.3. The van der Waals surface area contributed by atoms with Crippen molar-refractivity contribution in [2.75, 3.05) is 25.6 Å². The molecule has 5 nitrogen and oxygen atoms in total. The molecule has 1 saturated heterocycles. The number of piperidine rings is 1. The Bertz CT molecular complexity index is 466. The minimum Gasteiger partial charge on any atom is -0.348 e. The molecule has 1 fully saturated rings. The molecule has 19 heavy (non-hydrogen) atoms. The second-order valence-electron chi connectivity index (χ2n) is 4.91. The molecule has 1 aliphatic heterocycles. The molecule has 1 amide bonds. The third-order valence-corrected chi connectivity index (χ3v) is 3.58. The zero-order chi connectivity index (χ0) is 13.8. The summed E-state index contributed by atoms with van der Waals surface area (Å²) < 4.78 is 0. The van der Waals surface area contributed by atoms with Crippen LogP contribution in [0.2, 0.25) is 5.02 Å². The van der Waals surface area contributed by atoms with Crippen molar-refractivity contribution in [2.24, 2.45) is 5.84 Å². The van der Waals surface area contributed by atoms with Crippen molar-refractivity contribution in [2.45, 2.75) is 18.9 Å². The SMILES string of the molecule is CN1CCCC(NC(=O)c2cc(Cl)ccc2NN)C1. The molecule has 0 aromatic heterocycles. The topological polar surface area (TPSA) is 70.4 Å². The number of carbonyl (C=O) groups is 1. The van der Waals surface area contributed by atoms with Gasteiger partial charge in [-0.25, -0.2) is 0 Å². The van der Waals surface area contributed by atoms with Crippen molar-refractivity contribution in [3.05, 3.63) is 28.8 Å². The van der Waals surface area contributed by atoms with Crippen molar-refractivity contribution in [1.29, 1.82) is 0 Å². The quantitative estimate of drug-likeness (QED) is 0.580. The first-order chi connectivity index (χ1) is 9.10. The predicted molar refractivity (Wildman–Crippen MR) is 77.2 cm³/mol. The molecule has 6 heteroatoms. The van der Waals surface area contributed by atoms with Crippen LogP contribution in [0, 0.1) is 0 Å². The maximum atomic E-state index is 12.3. The molecule has 1 aliphatic rings. The molecule has 0 aliphatic carbocycles. The summed E-state index contributed by atoms with van der Waals surface area (Å²) in [6.07, 6.45) is 2.10. The lowest BCUT2D eigenvalue weighted by Crippen LogP contribution is -2.46. The second-order valence-corrected chi connectivity index (χ2v) is 5.35. The zero-order valence-electron chi connectivity index (χ0n) is 10.9. The zero-order valence-corrected chi connectivity index (χ0v) is 11.7. The number of halogens is 1. The second kappa shape index (κ2) is 6.23. The van der Waals surface area contributed by atoms with Crippen LogP contribution in [0.15, 0.2) is 18.2 Å². The highest BCUT2D eigenvalue weighted by molar-refractivity contribution is 6.31. The molecule has 1 atom stereocenters. The van der Waals surface area contributed by atoms with Crippen molar-refractivity contribution < 1.29 is 4.79 Å². The lowest BCUT2D eigenvalue weighted by molar-refractivity contribution is 0.0913. The number of nitrogens with zero attached hydrogens (tertiary/aromatic N) is 1. The molecule has 1 unspecified atom stereocenters. The highest BCUT2D eigenvalue weighted by atomic mass is 35.5. The fourth-order valence-electron chi connectivity index (χ4n) is 2.38. The predicted octanol–water partition coefficient (Wildman–Crippen LogP) is 1.45. The van der Waals surface area contributed by atoms with Gasteiger partial charge in [0, 0.05) is 17.6 Å². The maximum Gasteiger partial charge on any atom is 0.253 e. The van der Waals surface area contributed by atoms with Crippen LogP contribution in [-0.2, 0) is 0 Å². The van der Waals surface area contributed by atoms with Crippen molar-refractivity contribution in [3.8, 4) is 0 Å². The number of benzene rings is 1. The monoisotopic (exact) mass is 282 g/mol. The van der Waals surface area contributed by atoms with Crippen LogP contribution in [0.25, 0.3) is 0 Å². The number of amides is 1. The number of hydrogen-bond donors (Lipinski definition) is 3. The van der Waals surface area contributed by atoms with E-state index in [2.05, 4.69) is 22.7 Å². The molecule has 1 heterocycles. The number of nitrogens with two attached hydrogens (primary N) is 1. The summed E-state index contributed by atoms with van der Waals surface area (Å²) in [6.45, 7) is 1.96. The van der Waals surface area contributed by atoms with E-state index in [1.54, 1.807) is 18.2 Å². The van der Waals surface area contributed by atoms with E-state index in [9.17, 15) is 4.79 Å². The van der Waals surface area contributed by atoms with Gasteiger partial charge in [0.05, 0.1) is 11.3 Å². The van der Waals surface area contributed by atoms with E-state index in [-0.39, 0.29) is 11.9 Å². The van der Waals surface area contributed by atoms with Crippen LogP contribution >= 0.6 is 11.6 Å². The van der Waals surface area contributed by atoms with Crippen LogP contribution < -0.4 is 16.6 Å². The number of carbonyl (C=O) groups excluding carboxylic acids is 1. The molecule has 4 N–H and O–H groups in total. The molecule has 1 aromatic carbocycles. The van der Waals surface area contributed by atoms with Gasteiger partial charge in [-0.3, -0.25) is 10.6 Å². The van der Waals surface area contributed by atoms with E-state index in [1.165, 1.54) is 0 Å². The van der Waals surface area contributed by atoms with Crippen LogP contribution in [0.5, 0.6) is 0 Å². The van der Waals surface area contributed by atoms with Crippen LogP contribution in [-0.4, -0.2) is 37.0 Å². The van der Waals surface area contributed by atoms with E-state index in [0.29, 0.717) is 16.3 Å². The van der Waals surface area contributed by atoms with Gasteiger partial charge in [-0.2, -0.15) is 0 Å². The third kappa shape index (κ3) is 3.59. The number of likely N-dealkylation sites (N-methyl/N-ethyl adjacent to an activating group) is 1. The Hall–Kier alpha value is -1.30. The van der Waals surface area contributed by atoms with E-state index >= 15 is 0 Å². The average Bonchev–Trinajstić information content (AvgIpc) is 2.38. The fourth-order valence-corrected chi connectivity index (χ4v) is 2.55. The molecule has 0 radical (unpaired) electrons. The minimum atomic E-state index is -0.143. The van der Waals surface area contributed by atoms with E-state index < -0.39 is 0 Å². The van der Waals surface area contributed by atoms with E-state index in [4.69, 9.17) is 17.4 Å². The first-order valence-electron chi connectivity index (χ1n) is 6.35. The molecule has 1 aromatic rings. The summed E-state index contributed by atoms with van der Waals surface area (Å²) in [6, 6.07) is 5.20. The summed E-state index contributed by atoms with van der Waals surface area (Å²) in [7, 11) is 2.06. The van der Waals surface area contributed by atoms with Crippen molar-refractivity contribution in [3.63, 3.8) is 0 Å². The van der Waals surface area contributed by atoms with Crippen LogP contribution in [0.3, 0.4) is 0 Å². The van der Waals surface area contributed by atoms with Gasteiger partial charge in [0.2, 0.25) is 0 Å². The average molecular weight is 283 g/mol. The standard InChI is InChI=1S/C13H19ClN4O/c1-18-6-2-3-10(8-18)16-13(19)11-7-9(14)4-5-12(11)17-15/h4-5,7,10,17H,2-3,6,8,15H2,1H3,(H,16,19). The van der Waals surface area contributed by atoms with E-state index in [1.807, 2.05) is 0 Å². The normalized spacial score (nSPS) is 20.1.